The van der Waals surface area contributed by atoms with E-state index in [2.05, 4.69) is 11.8 Å². The van der Waals surface area contributed by atoms with E-state index in [1.807, 2.05) is 11.0 Å². The van der Waals surface area contributed by atoms with E-state index in [1.165, 1.54) is 32.4 Å². The maximum absolute atomic E-state index is 11.9. The smallest absolute Gasteiger partial charge is 0.246 e. The summed E-state index contributed by atoms with van der Waals surface area (Å²) in [5.74, 6) is 0.871. The molecule has 1 unspecified atom stereocenters. The molecule has 1 atom stereocenters. The highest BCUT2D eigenvalue weighted by atomic mass is 16.2. The standard InChI is InChI=1S/C14H24N2O/c1-13-6-4-11-16(12-13)14(17)7-5-10-15-8-2-3-9-15/h5,7,13H,2-4,6,8-12H2,1H3/b7-5+. The van der Waals surface area contributed by atoms with Crippen LogP contribution in [0.3, 0.4) is 0 Å². The zero-order valence-corrected chi connectivity index (χ0v) is 10.9. The molecule has 2 aliphatic heterocycles. The fourth-order valence-corrected chi connectivity index (χ4v) is 2.76. The van der Waals surface area contributed by atoms with Crippen molar-refractivity contribution in [3.63, 3.8) is 0 Å². The van der Waals surface area contributed by atoms with E-state index in [0.717, 1.165) is 26.1 Å². The molecule has 2 aliphatic rings. The summed E-state index contributed by atoms with van der Waals surface area (Å²) in [4.78, 5) is 16.3. The van der Waals surface area contributed by atoms with Crippen LogP contribution in [0.15, 0.2) is 12.2 Å². The summed E-state index contributed by atoms with van der Waals surface area (Å²) in [6.45, 7) is 7.44. The van der Waals surface area contributed by atoms with E-state index in [-0.39, 0.29) is 5.91 Å². The third kappa shape index (κ3) is 3.84. The predicted molar refractivity (Wildman–Crippen MR) is 69.8 cm³/mol. The van der Waals surface area contributed by atoms with E-state index < -0.39 is 0 Å². The summed E-state index contributed by atoms with van der Waals surface area (Å²) in [6.07, 6.45) is 8.86. The topological polar surface area (TPSA) is 23.6 Å². The van der Waals surface area contributed by atoms with Crippen LogP contribution in [-0.2, 0) is 4.79 Å². The Balaban J connectivity index is 1.73. The molecule has 0 spiro atoms. The molecule has 2 heterocycles. The molecule has 0 aromatic heterocycles. The summed E-state index contributed by atoms with van der Waals surface area (Å²) >= 11 is 0. The number of rotatable bonds is 3. The van der Waals surface area contributed by atoms with Gasteiger partial charge in [-0.3, -0.25) is 9.69 Å². The van der Waals surface area contributed by atoms with Gasteiger partial charge in [-0.05, 0) is 44.7 Å². The first-order chi connectivity index (χ1) is 8.25. The van der Waals surface area contributed by atoms with Gasteiger partial charge in [-0.25, -0.2) is 0 Å². The van der Waals surface area contributed by atoms with Gasteiger partial charge in [0.05, 0.1) is 0 Å². The number of nitrogens with zero attached hydrogens (tertiary/aromatic N) is 2. The Labute approximate surface area is 104 Å². The van der Waals surface area contributed by atoms with E-state index in [9.17, 15) is 4.79 Å². The van der Waals surface area contributed by atoms with Crippen LogP contribution in [0.5, 0.6) is 0 Å². The van der Waals surface area contributed by atoms with Crippen molar-refractivity contribution in [1.29, 1.82) is 0 Å². The van der Waals surface area contributed by atoms with Crippen molar-refractivity contribution >= 4 is 5.91 Å². The van der Waals surface area contributed by atoms with Gasteiger partial charge >= 0.3 is 0 Å². The van der Waals surface area contributed by atoms with Crippen LogP contribution < -0.4 is 0 Å². The number of hydrogen-bond acceptors (Lipinski definition) is 2. The van der Waals surface area contributed by atoms with Crippen LogP contribution in [-0.4, -0.2) is 48.4 Å². The zero-order valence-electron chi connectivity index (χ0n) is 10.9. The summed E-state index contributed by atoms with van der Waals surface area (Å²) in [7, 11) is 0. The molecule has 0 aliphatic carbocycles. The van der Waals surface area contributed by atoms with Gasteiger partial charge in [-0.1, -0.05) is 13.0 Å². The Morgan fingerprint density at radius 3 is 2.71 bits per heavy atom. The highest BCUT2D eigenvalue weighted by Crippen LogP contribution is 2.15. The van der Waals surface area contributed by atoms with Gasteiger partial charge in [0.15, 0.2) is 0 Å². The summed E-state index contributed by atoms with van der Waals surface area (Å²) in [5.41, 5.74) is 0. The number of carbonyl (C=O) groups is 1. The van der Waals surface area contributed by atoms with Crippen molar-refractivity contribution in [1.82, 2.24) is 9.80 Å². The first-order valence-corrected chi connectivity index (χ1v) is 6.93. The quantitative estimate of drug-likeness (QED) is 0.699. The SMILES string of the molecule is CC1CCCN(C(=O)/C=C/CN2CCCC2)C1. The van der Waals surface area contributed by atoms with Crippen LogP contribution in [0.25, 0.3) is 0 Å². The van der Waals surface area contributed by atoms with Crippen molar-refractivity contribution in [2.75, 3.05) is 32.7 Å². The second-order valence-corrected chi connectivity index (χ2v) is 5.44. The van der Waals surface area contributed by atoms with Gasteiger partial charge < -0.3 is 4.90 Å². The lowest BCUT2D eigenvalue weighted by molar-refractivity contribution is -0.127. The summed E-state index contributed by atoms with van der Waals surface area (Å²) in [5, 5.41) is 0. The van der Waals surface area contributed by atoms with E-state index in [4.69, 9.17) is 0 Å². The highest BCUT2D eigenvalue weighted by molar-refractivity contribution is 5.87. The van der Waals surface area contributed by atoms with E-state index >= 15 is 0 Å². The van der Waals surface area contributed by atoms with Crippen LogP contribution in [0.1, 0.15) is 32.6 Å². The molecule has 96 valence electrons. The van der Waals surface area contributed by atoms with Gasteiger partial charge in [0.1, 0.15) is 0 Å². The zero-order chi connectivity index (χ0) is 12.1. The van der Waals surface area contributed by atoms with Crippen LogP contribution in [0, 0.1) is 5.92 Å². The molecule has 2 saturated heterocycles. The molecule has 17 heavy (non-hydrogen) atoms. The second kappa shape index (κ2) is 6.20. The average Bonchev–Trinajstić information content (AvgIpc) is 2.82. The summed E-state index contributed by atoms with van der Waals surface area (Å²) in [6, 6.07) is 0. The van der Waals surface area contributed by atoms with Crippen LogP contribution >= 0.6 is 0 Å². The first-order valence-electron chi connectivity index (χ1n) is 6.93. The minimum atomic E-state index is 0.204. The Morgan fingerprint density at radius 2 is 2.00 bits per heavy atom. The molecule has 0 aromatic carbocycles. The minimum Gasteiger partial charge on any atom is -0.339 e. The van der Waals surface area contributed by atoms with Crippen molar-refractivity contribution < 1.29 is 4.79 Å². The Hall–Kier alpha value is -0.830. The molecule has 2 rings (SSSR count). The molecule has 1 amide bonds. The minimum absolute atomic E-state index is 0.204. The molecule has 0 saturated carbocycles. The first kappa shape index (κ1) is 12.6. The van der Waals surface area contributed by atoms with E-state index in [0.29, 0.717) is 5.92 Å². The van der Waals surface area contributed by atoms with Crippen molar-refractivity contribution in [2.45, 2.75) is 32.6 Å². The molecular weight excluding hydrogens is 212 g/mol. The van der Waals surface area contributed by atoms with Crippen molar-refractivity contribution in [3.8, 4) is 0 Å². The number of amides is 1. The molecule has 0 radical (unpaired) electrons. The Bertz CT molecular complexity index is 282. The molecule has 2 fully saturated rings. The third-order valence-corrected chi connectivity index (χ3v) is 3.79. The van der Waals surface area contributed by atoms with Gasteiger partial charge in [0.2, 0.25) is 5.91 Å². The van der Waals surface area contributed by atoms with E-state index in [1.54, 1.807) is 6.08 Å². The predicted octanol–water partition coefficient (Wildman–Crippen LogP) is 1.90. The Morgan fingerprint density at radius 1 is 1.24 bits per heavy atom. The number of carbonyl (C=O) groups excluding carboxylic acids is 1. The maximum atomic E-state index is 11.9. The molecule has 0 aromatic rings. The monoisotopic (exact) mass is 236 g/mol. The van der Waals surface area contributed by atoms with Crippen molar-refractivity contribution in [3.05, 3.63) is 12.2 Å². The normalized spacial score (nSPS) is 26.9. The maximum Gasteiger partial charge on any atom is 0.246 e. The molecule has 0 bridgehead atoms. The Kier molecular flexibility index (Phi) is 4.60. The fraction of sp³-hybridized carbons (Fsp3) is 0.786. The van der Waals surface area contributed by atoms with Gasteiger partial charge in [-0.15, -0.1) is 0 Å². The largest absolute Gasteiger partial charge is 0.339 e. The van der Waals surface area contributed by atoms with Crippen LogP contribution in [0.2, 0.25) is 0 Å². The lowest BCUT2D eigenvalue weighted by Crippen LogP contribution is -2.38. The number of hydrogen-bond donors (Lipinski definition) is 0. The van der Waals surface area contributed by atoms with Gasteiger partial charge in [0.25, 0.3) is 0 Å². The average molecular weight is 236 g/mol. The van der Waals surface area contributed by atoms with Crippen LogP contribution in [0.4, 0.5) is 0 Å². The molecule has 3 nitrogen and oxygen atoms in total. The van der Waals surface area contributed by atoms with Gasteiger partial charge in [-0.2, -0.15) is 0 Å². The highest BCUT2D eigenvalue weighted by Gasteiger charge is 2.19. The lowest BCUT2D eigenvalue weighted by Gasteiger charge is -2.30. The van der Waals surface area contributed by atoms with Gasteiger partial charge in [0, 0.05) is 25.7 Å². The molecular formula is C14H24N2O. The molecule has 0 N–H and O–H groups in total. The second-order valence-electron chi connectivity index (χ2n) is 5.44. The third-order valence-electron chi connectivity index (χ3n) is 3.79. The summed E-state index contributed by atoms with van der Waals surface area (Å²) < 4.78 is 0. The fourth-order valence-electron chi connectivity index (χ4n) is 2.76. The number of piperidine rings is 1. The van der Waals surface area contributed by atoms with Crippen molar-refractivity contribution in [2.24, 2.45) is 5.92 Å². The number of likely N-dealkylation sites (tertiary alicyclic amines) is 2. The molecule has 3 heteroatoms. The lowest BCUT2D eigenvalue weighted by atomic mass is 10.0.